The topological polar surface area (TPSA) is 149 Å². The average Bonchev–Trinajstić information content (AvgIpc) is 3.66. The largest absolute Gasteiger partial charge is 3.00 e. The Kier molecular flexibility index (Phi) is 19.8. The predicted octanol–water partition coefficient (Wildman–Crippen LogP) is 1.43. The molecule has 22 heteroatoms. The van der Waals surface area contributed by atoms with Crippen molar-refractivity contribution in [2.75, 3.05) is 72.2 Å². The first-order chi connectivity index (χ1) is 21.5. The van der Waals surface area contributed by atoms with Crippen LogP contribution in [0.4, 0.5) is 39.5 Å². The van der Waals surface area contributed by atoms with Gasteiger partial charge in [0.25, 0.3) is 0 Å². The maximum Gasteiger partial charge on any atom is 3.00 e. The van der Waals surface area contributed by atoms with Gasteiger partial charge in [-0.3, -0.25) is 14.7 Å². The summed E-state index contributed by atoms with van der Waals surface area (Å²) < 4.78 is 125. The maximum atomic E-state index is 13.0. The van der Waals surface area contributed by atoms with Gasteiger partial charge in [0.15, 0.2) is 0 Å². The Morgan fingerprint density at radius 2 is 1.17 bits per heavy atom. The van der Waals surface area contributed by atoms with E-state index in [0.29, 0.717) is 52.4 Å². The zero-order valence-corrected chi connectivity index (χ0v) is 27.1. The van der Waals surface area contributed by atoms with Crippen LogP contribution in [0.15, 0.2) is 29.5 Å². The van der Waals surface area contributed by atoms with Crippen LogP contribution in [-0.2, 0) is 39.3 Å². The second-order valence-electron chi connectivity index (χ2n) is 9.95. The van der Waals surface area contributed by atoms with E-state index >= 15 is 0 Å². The Morgan fingerprint density at radius 3 is 1.48 bits per heavy atom. The molecule has 1 aliphatic heterocycles. The normalized spacial score (nSPS) is 16.5. The third-order valence-corrected chi connectivity index (χ3v) is 6.67. The summed E-state index contributed by atoms with van der Waals surface area (Å²) in [5.41, 5.74) is -4.95. The fraction of sp³-hybridized carbons (Fsp3) is 0.731. The minimum absolute atomic E-state index is 0. The molecule has 0 aliphatic carbocycles. The van der Waals surface area contributed by atoms with E-state index in [9.17, 15) is 44.6 Å². The summed E-state index contributed by atoms with van der Waals surface area (Å²) in [6.45, 7) is 6.24. The standard InChI is InChI=1S/C22H27F9N8O2.C4H10O.Co.H2O/c23-20(24,25)19(21(26,27)28,22(29,30)31)41-12-5-32-18(40)15-39-10-8-37(13-16-1-3-33-35-16)6-7-38(9-11-39)14-17-2-4-34-36-17;1-3-5-4-2;;/h1-4H,5-15H2,(H-2,32,33,34,35,36,40);3-4H2,1-2H3;;1H2/q-2;;+3;/p-1. The Hall–Kier alpha value is -2.47. The minimum Gasteiger partial charge on any atom is -0.861 e. The van der Waals surface area contributed by atoms with Crippen LogP contribution < -0.4 is 15.3 Å². The summed E-state index contributed by atoms with van der Waals surface area (Å²) in [5, 5.41) is 28.0. The van der Waals surface area contributed by atoms with E-state index in [0.717, 1.165) is 24.6 Å². The third kappa shape index (κ3) is 13.8. The molecule has 0 atom stereocenters. The molecule has 0 spiro atoms. The number of rotatable bonds is 12. The summed E-state index contributed by atoms with van der Waals surface area (Å²) in [5.74, 6) is -0.939. The number of aromatic nitrogens is 4. The fourth-order valence-electron chi connectivity index (χ4n) is 4.35. The van der Waals surface area contributed by atoms with E-state index in [1.807, 2.05) is 13.8 Å². The van der Waals surface area contributed by atoms with E-state index in [2.05, 4.69) is 39.9 Å². The van der Waals surface area contributed by atoms with E-state index in [4.69, 9.17) is 4.74 Å². The Morgan fingerprint density at radius 1 is 0.771 bits per heavy atom. The smallest absolute Gasteiger partial charge is 0.861 e. The zero-order valence-electron chi connectivity index (χ0n) is 26.0. The molecule has 0 bridgehead atoms. The van der Waals surface area contributed by atoms with E-state index in [-0.39, 0.29) is 28.8 Å². The van der Waals surface area contributed by atoms with Gasteiger partial charge in [0.05, 0.1) is 13.2 Å². The molecule has 0 unspecified atom stereocenters. The van der Waals surface area contributed by atoms with Crippen LogP contribution >= 0.6 is 0 Å². The Bertz CT molecular complexity index is 1050. The van der Waals surface area contributed by atoms with Gasteiger partial charge in [-0.05, 0) is 19.7 Å². The first-order valence-electron chi connectivity index (χ1n) is 14.2. The van der Waals surface area contributed by atoms with Crippen molar-refractivity contribution in [1.82, 2.24) is 35.1 Å². The number of halogens is 9. The SMILES string of the molecule is CCOCC.O.[Co+3].[O-]C(CN1CCN(Cc2ccn[n-]2)CCN(Cc2ccn[n-]2)CC1)=NCCOC(C(F)(F)F)(C(F)(F)F)C(F)(F)F. The Labute approximate surface area is 281 Å². The minimum atomic E-state index is -6.85. The molecular formula is C26H38CoF9N8O4. The second-order valence-corrected chi connectivity index (χ2v) is 9.95. The first kappa shape index (κ1) is 45.5. The Balaban J connectivity index is 0.00000293. The van der Waals surface area contributed by atoms with E-state index in [1.54, 1.807) is 29.4 Å². The molecule has 1 fully saturated rings. The van der Waals surface area contributed by atoms with Crippen LogP contribution in [0.3, 0.4) is 0 Å². The van der Waals surface area contributed by atoms with Crippen LogP contribution in [0.5, 0.6) is 0 Å². The zero-order chi connectivity index (χ0) is 34.4. The number of alkyl halides is 9. The van der Waals surface area contributed by atoms with Crippen molar-refractivity contribution in [2.45, 2.75) is 51.1 Å². The van der Waals surface area contributed by atoms with Gasteiger partial charge >= 0.3 is 40.9 Å². The van der Waals surface area contributed by atoms with Crippen molar-refractivity contribution >= 4 is 5.90 Å². The first-order valence-corrected chi connectivity index (χ1v) is 14.2. The maximum absolute atomic E-state index is 13.0. The number of aliphatic imine (C=N–C) groups is 1. The fourth-order valence-corrected chi connectivity index (χ4v) is 4.35. The van der Waals surface area contributed by atoms with Crippen molar-refractivity contribution in [1.29, 1.82) is 0 Å². The molecule has 1 aliphatic rings. The summed E-state index contributed by atoms with van der Waals surface area (Å²) in [4.78, 5) is 9.13. The molecular weight excluding hydrogens is 718 g/mol. The van der Waals surface area contributed by atoms with Crippen molar-refractivity contribution in [3.05, 3.63) is 35.9 Å². The van der Waals surface area contributed by atoms with E-state index < -0.39 is 43.2 Å². The van der Waals surface area contributed by atoms with Crippen molar-refractivity contribution in [3.63, 3.8) is 0 Å². The number of ether oxygens (including phenoxy) is 2. The molecule has 0 amide bonds. The van der Waals surface area contributed by atoms with Crippen molar-refractivity contribution in [2.24, 2.45) is 4.99 Å². The van der Waals surface area contributed by atoms with Crippen molar-refractivity contribution in [3.8, 4) is 0 Å². The van der Waals surface area contributed by atoms with Crippen LogP contribution in [0.2, 0.25) is 0 Å². The number of hydrogen-bond acceptors (Lipinski definition) is 9. The summed E-state index contributed by atoms with van der Waals surface area (Å²) in [7, 11) is 0. The molecule has 0 radical (unpaired) electrons. The third-order valence-electron chi connectivity index (χ3n) is 6.67. The van der Waals surface area contributed by atoms with Gasteiger partial charge in [0.2, 0.25) is 0 Å². The molecule has 0 aromatic carbocycles. The molecule has 3 heterocycles. The molecule has 3 rings (SSSR count). The van der Waals surface area contributed by atoms with Crippen LogP contribution in [0.1, 0.15) is 25.2 Å². The monoisotopic (exact) mass is 756 g/mol. The average molecular weight is 757 g/mol. The molecule has 2 N–H and O–H groups in total. The molecule has 0 saturated carbocycles. The van der Waals surface area contributed by atoms with Crippen LogP contribution in [-0.4, -0.2) is 133 Å². The van der Waals surface area contributed by atoms with Gasteiger partial charge in [-0.1, -0.05) is 12.1 Å². The van der Waals surface area contributed by atoms with Gasteiger partial charge in [-0.25, -0.2) is 0 Å². The molecule has 48 heavy (non-hydrogen) atoms. The van der Waals surface area contributed by atoms with Gasteiger partial charge in [-0.2, -0.15) is 39.5 Å². The second kappa shape index (κ2) is 20.9. The van der Waals surface area contributed by atoms with Crippen molar-refractivity contribution < 1.29 is 76.3 Å². The molecule has 2 aromatic rings. The number of hydrogen-bond donors (Lipinski definition) is 0. The molecule has 12 nitrogen and oxygen atoms in total. The van der Waals surface area contributed by atoms with Crippen LogP contribution in [0, 0.1) is 0 Å². The van der Waals surface area contributed by atoms with Gasteiger partial charge in [0.1, 0.15) is 0 Å². The number of nitrogens with zero attached hydrogens (tertiary/aromatic N) is 8. The summed E-state index contributed by atoms with van der Waals surface area (Å²) in [6, 6.07) is 3.49. The molecule has 278 valence electrons. The van der Waals surface area contributed by atoms with E-state index in [1.165, 1.54) is 0 Å². The van der Waals surface area contributed by atoms with Gasteiger partial charge in [0, 0.05) is 84.5 Å². The summed E-state index contributed by atoms with van der Waals surface area (Å²) >= 11 is 0. The predicted molar refractivity (Wildman–Crippen MR) is 147 cm³/mol. The summed E-state index contributed by atoms with van der Waals surface area (Å²) in [6.07, 6.45) is -17.5. The van der Waals surface area contributed by atoms with Gasteiger partial charge < -0.3 is 45.4 Å². The molecule has 1 saturated heterocycles. The molecule has 2 aromatic heterocycles. The van der Waals surface area contributed by atoms with Crippen LogP contribution in [0.25, 0.3) is 0 Å². The van der Waals surface area contributed by atoms with Gasteiger partial charge in [-0.15, -0.1) is 11.4 Å². The quantitative estimate of drug-likeness (QED) is 0.135.